The molecular weight excluding hydrogens is 519 g/mol. The number of aliphatic hydroxyl groups excluding tert-OH is 1. The lowest BCUT2D eigenvalue weighted by atomic mass is 10.0. The van der Waals surface area contributed by atoms with Gasteiger partial charge in [-0.3, -0.25) is 9.52 Å². The quantitative estimate of drug-likeness (QED) is 0.316. The Labute approximate surface area is 209 Å². The molecule has 0 aliphatic heterocycles. The number of sulfonamides is 1. The minimum absolute atomic E-state index is 0.0154. The molecule has 176 valence electrons. The van der Waals surface area contributed by atoms with Gasteiger partial charge in [-0.2, -0.15) is 8.75 Å². The number of rotatable bonds is 7. The summed E-state index contributed by atoms with van der Waals surface area (Å²) in [5, 5.41) is 14.1. The van der Waals surface area contributed by atoms with Crippen LogP contribution in [0.2, 0.25) is 10.0 Å². The summed E-state index contributed by atoms with van der Waals surface area (Å²) >= 11 is 12.9. The van der Waals surface area contributed by atoms with Gasteiger partial charge >= 0.3 is 0 Å². The molecule has 1 amide bonds. The first-order valence-electron chi connectivity index (χ1n) is 9.94. The van der Waals surface area contributed by atoms with Crippen molar-refractivity contribution in [3.8, 4) is 0 Å². The molecule has 4 rings (SSSR count). The molecule has 0 saturated heterocycles. The Hall–Kier alpha value is -2.76. The van der Waals surface area contributed by atoms with Gasteiger partial charge in [-0.1, -0.05) is 41.4 Å². The van der Waals surface area contributed by atoms with Gasteiger partial charge in [-0.15, -0.1) is 0 Å². The maximum Gasteiger partial charge on any atom is 0.264 e. The first-order valence-corrected chi connectivity index (χ1v) is 12.9. The third-order valence-corrected chi connectivity index (χ3v) is 7.48. The topological polar surface area (TPSA) is 121 Å². The van der Waals surface area contributed by atoms with Gasteiger partial charge < -0.3 is 10.4 Å². The Morgan fingerprint density at radius 2 is 1.74 bits per heavy atom. The van der Waals surface area contributed by atoms with Crippen LogP contribution in [0.3, 0.4) is 0 Å². The number of aliphatic hydroxyl groups is 1. The van der Waals surface area contributed by atoms with Gasteiger partial charge in [-0.05, 0) is 55.0 Å². The van der Waals surface area contributed by atoms with Crippen LogP contribution in [0.1, 0.15) is 28.9 Å². The summed E-state index contributed by atoms with van der Waals surface area (Å²) < 4.78 is 36.8. The summed E-state index contributed by atoms with van der Waals surface area (Å²) in [7, 11) is -4.12. The van der Waals surface area contributed by atoms with Crippen molar-refractivity contribution < 1.29 is 18.3 Å². The Morgan fingerprint density at radius 3 is 2.47 bits per heavy atom. The van der Waals surface area contributed by atoms with E-state index in [2.05, 4.69) is 18.8 Å². The molecule has 3 aromatic carbocycles. The van der Waals surface area contributed by atoms with Crippen LogP contribution in [-0.2, 0) is 10.0 Å². The van der Waals surface area contributed by atoms with E-state index in [1.807, 2.05) is 0 Å². The highest BCUT2D eigenvalue weighted by Crippen LogP contribution is 2.28. The van der Waals surface area contributed by atoms with E-state index in [9.17, 15) is 18.3 Å². The number of nitrogens with one attached hydrogen (secondary N) is 2. The number of carbonyl (C=O) groups excluding carboxylic acids is 1. The van der Waals surface area contributed by atoms with Crippen molar-refractivity contribution >= 4 is 67.6 Å². The first kappa shape index (κ1) is 24.4. The lowest BCUT2D eigenvalue weighted by Crippen LogP contribution is -2.37. The summed E-state index contributed by atoms with van der Waals surface area (Å²) in [5.41, 5.74) is 1.26. The van der Waals surface area contributed by atoms with E-state index in [-0.39, 0.29) is 26.7 Å². The standard InChI is InChI=1S/C22H18Cl2N4O4S2/c1-12(21(29)13-5-7-14(23)8-6-13)25-22(30)16-10-9-15(24)11-18(16)28-34(31,32)19-4-2-3-17-20(19)27-33-26-17/h2-12,21,28-29H,1H3,(H,25,30)/t12-,21-/m1/s1. The van der Waals surface area contributed by atoms with Crippen LogP contribution >= 0.6 is 34.9 Å². The molecule has 2 atom stereocenters. The highest BCUT2D eigenvalue weighted by atomic mass is 35.5. The maximum atomic E-state index is 13.1. The van der Waals surface area contributed by atoms with Gasteiger partial charge in [-0.25, -0.2) is 8.42 Å². The average molecular weight is 537 g/mol. The largest absolute Gasteiger partial charge is 0.386 e. The highest BCUT2D eigenvalue weighted by Gasteiger charge is 2.25. The van der Waals surface area contributed by atoms with Crippen molar-refractivity contribution in [3.05, 3.63) is 81.8 Å². The third-order valence-electron chi connectivity index (χ3n) is 5.05. The fraction of sp³-hybridized carbons (Fsp3) is 0.136. The van der Waals surface area contributed by atoms with Gasteiger partial charge in [0.1, 0.15) is 15.9 Å². The number of anilines is 1. The molecule has 8 nitrogen and oxygen atoms in total. The number of aromatic nitrogens is 2. The van der Waals surface area contributed by atoms with Crippen molar-refractivity contribution in [2.24, 2.45) is 0 Å². The number of hydrogen-bond acceptors (Lipinski definition) is 7. The Bertz CT molecular complexity index is 1460. The smallest absolute Gasteiger partial charge is 0.264 e. The fourth-order valence-corrected chi connectivity index (χ4v) is 5.45. The molecule has 4 aromatic rings. The van der Waals surface area contributed by atoms with E-state index in [0.29, 0.717) is 16.1 Å². The molecule has 0 bridgehead atoms. The number of carbonyl (C=O) groups is 1. The Balaban J connectivity index is 1.60. The first-order chi connectivity index (χ1) is 16.2. The minimum Gasteiger partial charge on any atom is -0.386 e. The van der Waals surface area contributed by atoms with Gasteiger partial charge in [0.05, 0.1) is 35.1 Å². The van der Waals surface area contributed by atoms with Gasteiger partial charge in [0.25, 0.3) is 15.9 Å². The van der Waals surface area contributed by atoms with E-state index in [0.717, 1.165) is 11.7 Å². The van der Waals surface area contributed by atoms with E-state index in [1.54, 1.807) is 43.3 Å². The zero-order valence-electron chi connectivity index (χ0n) is 17.6. The van der Waals surface area contributed by atoms with Crippen molar-refractivity contribution in [1.82, 2.24) is 14.1 Å². The molecule has 1 aromatic heterocycles. The number of halogens is 2. The average Bonchev–Trinajstić information content (AvgIpc) is 3.27. The Kier molecular flexibility index (Phi) is 7.06. The molecule has 12 heteroatoms. The number of amides is 1. The third kappa shape index (κ3) is 5.16. The summed E-state index contributed by atoms with van der Waals surface area (Å²) in [6, 6.07) is 14.7. The molecule has 0 fully saturated rings. The molecule has 34 heavy (non-hydrogen) atoms. The molecule has 0 aliphatic carbocycles. The van der Waals surface area contributed by atoms with Crippen molar-refractivity contribution in [2.45, 2.75) is 24.0 Å². The summed E-state index contributed by atoms with van der Waals surface area (Å²) in [6.07, 6.45) is -1.01. The van der Waals surface area contributed by atoms with Crippen molar-refractivity contribution in [2.75, 3.05) is 4.72 Å². The second kappa shape index (κ2) is 9.85. The SMILES string of the molecule is C[C@@H](NC(=O)c1ccc(Cl)cc1NS(=O)(=O)c1cccc2nsnc12)[C@@H](O)c1ccc(Cl)cc1. The summed E-state index contributed by atoms with van der Waals surface area (Å²) in [4.78, 5) is 13.0. The van der Waals surface area contributed by atoms with Gasteiger partial charge in [0.15, 0.2) is 0 Å². The zero-order valence-corrected chi connectivity index (χ0v) is 20.7. The van der Waals surface area contributed by atoms with Crippen LogP contribution in [0.15, 0.2) is 65.6 Å². The molecule has 3 N–H and O–H groups in total. The second-order valence-corrected chi connectivity index (χ2v) is 10.5. The van der Waals surface area contributed by atoms with Crippen LogP contribution in [0.4, 0.5) is 5.69 Å². The molecule has 0 aliphatic rings. The van der Waals surface area contributed by atoms with Crippen molar-refractivity contribution in [3.63, 3.8) is 0 Å². The second-order valence-electron chi connectivity index (χ2n) is 7.44. The molecule has 0 saturated carbocycles. The molecule has 0 radical (unpaired) electrons. The number of nitrogens with zero attached hydrogens (tertiary/aromatic N) is 2. The number of hydrogen-bond donors (Lipinski definition) is 3. The van der Waals surface area contributed by atoms with Gasteiger partial charge in [0, 0.05) is 10.0 Å². The summed E-state index contributed by atoms with van der Waals surface area (Å²) in [6.45, 7) is 1.63. The van der Waals surface area contributed by atoms with Crippen LogP contribution in [-0.4, -0.2) is 34.2 Å². The van der Waals surface area contributed by atoms with Gasteiger partial charge in [0.2, 0.25) is 0 Å². The molecule has 0 unspecified atom stereocenters. The fourth-order valence-electron chi connectivity index (χ4n) is 3.31. The monoisotopic (exact) mass is 536 g/mol. The van der Waals surface area contributed by atoms with E-state index >= 15 is 0 Å². The minimum atomic E-state index is -4.12. The summed E-state index contributed by atoms with van der Waals surface area (Å²) in [5.74, 6) is -0.594. The van der Waals surface area contributed by atoms with Crippen LogP contribution in [0, 0.1) is 0 Å². The number of fused-ring (bicyclic) bond motifs is 1. The van der Waals surface area contributed by atoms with Crippen LogP contribution in [0.5, 0.6) is 0 Å². The maximum absolute atomic E-state index is 13.1. The lowest BCUT2D eigenvalue weighted by Gasteiger charge is -2.21. The van der Waals surface area contributed by atoms with Crippen LogP contribution in [0.25, 0.3) is 11.0 Å². The molecular formula is C22H18Cl2N4O4S2. The van der Waals surface area contributed by atoms with Crippen LogP contribution < -0.4 is 10.0 Å². The van der Waals surface area contributed by atoms with E-state index in [1.165, 1.54) is 24.3 Å². The normalized spacial score (nSPS) is 13.4. The van der Waals surface area contributed by atoms with E-state index < -0.39 is 28.1 Å². The predicted octanol–water partition coefficient (Wildman–Crippen LogP) is 4.65. The zero-order chi connectivity index (χ0) is 24.5. The number of benzene rings is 3. The predicted molar refractivity (Wildman–Crippen MR) is 133 cm³/mol. The molecule has 0 spiro atoms. The van der Waals surface area contributed by atoms with E-state index in [4.69, 9.17) is 23.2 Å². The lowest BCUT2D eigenvalue weighted by molar-refractivity contribution is 0.0853. The van der Waals surface area contributed by atoms with Crippen molar-refractivity contribution in [1.29, 1.82) is 0 Å². The molecule has 1 heterocycles. The highest BCUT2D eigenvalue weighted by molar-refractivity contribution is 7.93. The Morgan fingerprint density at radius 1 is 1.03 bits per heavy atom.